The Morgan fingerprint density at radius 2 is 2.25 bits per heavy atom. The Labute approximate surface area is 94.5 Å². The van der Waals surface area contributed by atoms with E-state index in [1.54, 1.807) is 25.0 Å². The van der Waals surface area contributed by atoms with Gasteiger partial charge in [0.15, 0.2) is 0 Å². The monoisotopic (exact) mass is 227 g/mol. The smallest absolute Gasteiger partial charge is 0.141 e. The van der Waals surface area contributed by atoms with E-state index in [9.17, 15) is 4.79 Å². The molecule has 16 heavy (non-hydrogen) atoms. The Morgan fingerprint density at radius 1 is 1.44 bits per heavy atom. The molecule has 0 unspecified atom stereocenters. The van der Waals surface area contributed by atoms with Gasteiger partial charge in [-0.15, -0.1) is 5.10 Å². The molecule has 0 aliphatic heterocycles. The fourth-order valence-corrected chi connectivity index (χ4v) is 1.20. The van der Waals surface area contributed by atoms with Crippen molar-refractivity contribution in [2.75, 3.05) is 26.9 Å². The number of carbonyl (C=O) groups excluding carboxylic acids is 1. The lowest BCUT2D eigenvalue weighted by atomic mass is 10.2. The highest BCUT2D eigenvalue weighted by Gasteiger charge is 2.06. The minimum Gasteiger partial charge on any atom is -0.382 e. The van der Waals surface area contributed by atoms with E-state index in [-0.39, 0.29) is 5.78 Å². The zero-order chi connectivity index (χ0) is 11.8. The summed E-state index contributed by atoms with van der Waals surface area (Å²) in [6, 6.07) is 0. The number of hydrogen-bond acceptors (Lipinski definition) is 5. The molecule has 1 rings (SSSR count). The first-order valence-corrected chi connectivity index (χ1v) is 5.16. The van der Waals surface area contributed by atoms with Gasteiger partial charge in [-0.05, 0) is 0 Å². The van der Waals surface area contributed by atoms with Crippen LogP contribution in [-0.4, -0.2) is 47.7 Å². The van der Waals surface area contributed by atoms with Gasteiger partial charge in [-0.25, -0.2) is 0 Å². The van der Waals surface area contributed by atoms with Crippen molar-refractivity contribution in [1.82, 2.24) is 15.0 Å². The van der Waals surface area contributed by atoms with Crippen LogP contribution in [0.5, 0.6) is 0 Å². The number of rotatable bonds is 8. The molecule has 0 amide bonds. The highest BCUT2D eigenvalue weighted by Crippen LogP contribution is 1.97. The van der Waals surface area contributed by atoms with E-state index < -0.39 is 0 Å². The van der Waals surface area contributed by atoms with Gasteiger partial charge >= 0.3 is 0 Å². The Hall–Kier alpha value is -1.27. The first kappa shape index (κ1) is 12.8. The van der Waals surface area contributed by atoms with E-state index in [4.69, 9.17) is 9.47 Å². The van der Waals surface area contributed by atoms with Gasteiger partial charge in [0.05, 0.1) is 31.9 Å². The normalized spacial score (nSPS) is 10.6. The summed E-state index contributed by atoms with van der Waals surface area (Å²) in [6.07, 6.45) is 2.46. The first-order valence-electron chi connectivity index (χ1n) is 5.16. The predicted molar refractivity (Wildman–Crippen MR) is 57.0 cm³/mol. The van der Waals surface area contributed by atoms with Gasteiger partial charge in [0, 0.05) is 26.8 Å². The summed E-state index contributed by atoms with van der Waals surface area (Å²) in [6.45, 7) is 1.51. The fraction of sp³-hybridized carbons (Fsp3) is 0.700. The number of Topliss-reactive ketones (excluding diaryl/α,β-unsaturated/α-hetero) is 1. The molecule has 0 atom stereocenters. The first-order chi connectivity index (χ1) is 7.72. The third-order valence-electron chi connectivity index (χ3n) is 1.99. The van der Waals surface area contributed by atoms with Crippen LogP contribution in [0.25, 0.3) is 0 Å². The Bertz CT molecular complexity index is 325. The summed E-state index contributed by atoms with van der Waals surface area (Å²) < 4.78 is 11.6. The van der Waals surface area contributed by atoms with Crippen LogP contribution >= 0.6 is 0 Å². The number of hydrogen-bond donors (Lipinski definition) is 0. The van der Waals surface area contributed by atoms with Crippen molar-refractivity contribution < 1.29 is 14.3 Å². The van der Waals surface area contributed by atoms with Crippen LogP contribution in [0.3, 0.4) is 0 Å². The van der Waals surface area contributed by atoms with E-state index in [1.807, 2.05) is 0 Å². The molecule has 0 aromatic carbocycles. The molecule has 0 aliphatic rings. The van der Waals surface area contributed by atoms with Crippen molar-refractivity contribution in [2.24, 2.45) is 7.05 Å². The molecule has 6 nitrogen and oxygen atoms in total. The van der Waals surface area contributed by atoms with E-state index in [0.29, 0.717) is 38.4 Å². The second-order valence-electron chi connectivity index (χ2n) is 3.45. The van der Waals surface area contributed by atoms with Gasteiger partial charge in [0.2, 0.25) is 0 Å². The van der Waals surface area contributed by atoms with Crippen LogP contribution in [0.2, 0.25) is 0 Å². The average molecular weight is 227 g/mol. The van der Waals surface area contributed by atoms with Crippen molar-refractivity contribution in [1.29, 1.82) is 0 Å². The van der Waals surface area contributed by atoms with Crippen molar-refractivity contribution >= 4 is 5.78 Å². The number of ketones is 1. The minimum absolute atomic E-state index is 0.109. The van der Waals surface area contributed by atoms with Gasteiger partial charge in [-0.3, -0.25) is 9.48 Å². The fourth-order valence-electron chi connectivity index (χ4n) is 1.20. The molecule has 0 aliphatic carbocycles. The number of aryl methyl sites for hydroxylation is 1. The molecule has 1 heterocycles. The average Bonchev–Trinajstić information content (AvgIpc) is 2.63. The quantitative estimate of drug-likeness (QED) is 0.584. The van der Waals surface area contributed by atoms with Crippen molar-refractivity contribution in [3.8, 4) is 0 Å². The standard InChI is InChI=1S/C10H17N3O3/c1-13-8-9(11-12-13)7-10(14)3-4-16-6-5-15-2/h8H,3-7H2,1-2H3. The number of aromatic nitrogens is 3. The summed E-state index contributed by atoms with van der Waals surface area (Å²) in [4.78, 5) is 11.5. The molecule has 0 fully saturated rings. The van der Waals surface area contributed by atoms with Gasteiger partial charge in [0.1, 0.15) is 5.78 Å². The largest absolute Gasteiger partial charge is 0.382 e. The SMILES string of the molecule is COCCOCCC(=O)Cc1cn(C)nn1. The highest BCUT2D eigenvalue weighted by atomic mass is 16.5. The van der Waals surface area contributed by atoms with E-state index in [1.165, 1.54) is 0 Å². The van der Waals surface area contributed by atoms with Crippen LogP contribution in [-0.2, 0) is 27.7 Å². The topological polar surface area (TPSA) is 66.2 Å². The molecule has 0 bridgehead atoms. The van der Waals surface area contributed by atoms with Crippen LogP contribution in [0.15, 0.2) is 6.20 Å². The Kier molecular flexibility index (Phi) is 5.66. The number of methoxy groups -OCH3 is 1. The zero-order valence-electron chi connectivity index (χ0n) is 9.68. The lowest BCUT2D eigenvalue weighted by Gasteiger charge is -2.01. The van der Waals surface area contributed by atoms with E-state index in [0.717, 1.165) is 0 Å². The number of carbonyl (C=O) groups is 1. The van der Waals surface area contributed by atoms with Crippen molar-refractivity contribution in [2.45, 2.75) is 12.8 Å². The molecule has 1 aromatic heterocycles. The lowest BCUT2D eigenvalue weighted by Crippen LogP contribution is -2.09. The molecule has 0 N–H and O–H groups in total. The second-order valence-corrected chi connectivity index (χ2v) is 3.45. The van der Waals surface area contributed by atoms with E-state index in [2.05, 4.69) is 10.3 Å². The summed E-state index contributed by atoms with van der Waals surface area (Å²) in [5, 5.41) is 7.60. The van der Waals surface area contributed by atoms with Crippen LogP contribution < -0.4 is 0 Å². The molecular weight excluding hydrogens is 210 g/mol. The van der Waals surface area contributed by atoms with Gasteiger partial charge < -0.3 is 9.47 Å². The lowest BCUT2D eigenvalue weighted by molar-refractivity contribution is -0.119. The summed E-state index contributed by atoms with van der Waals surface area (Å²) >= 11 is 0. The molecule has 6 heteroatoms. The summed E-state index contributed by atoms with van der Waals surface area (Å²) in [5.41, 5.74) is 0.699. The van der Waals surface area contributed by atoms with Gasteiger partial charge in [-0.1, -0.05) is 5.21 Å². The second kappa shape index (κ2) is 7.08. The van der Waals surface area contributed by atoms with Crippen LogP contribution in [0.1, 0.15) is 12.1 Å². The molecule has 90 valence electrons. The van der Waals surface area contributed by atoms with Crippen molar-refractivity contribution in [3.05, 3.63) is 11.9 Å². The Balaban J connectivity index is 2.11. The van der Waals surface area contributed by atoms with Gasteiger partial charge in [-0.2, -0.15) is 0 Å². The molecule has 0 saturated heterocycles. The number of nitrogens with zero attached hydrogens (tertiary/aromatic N) is 3. The predicted octanol–water partition coefficient (Wildman–Crippen LogP) is -0.0202. The maximum absolute atomic E-state index is 11.5. The maximum atomic E-state index is 11.5. The van der Waals surface area contributed by atoms with Crippen LogP contribution in [0.4, 0.5) is 0 Å². The minimum atomic E-state index is 0.109. The van der Waals surface area contributed by atoms with Crippen molar-refractivity contribution in [3.63, 3.8) is 0 Å². The molecule has 0 spiro atoms. The van der Waals surface area contributed by atoms with Gasteiger partial charge in [0.25, 0.3) is 0 Å². The molecule has 1 aromatic rings. The third-order valence-corrected chi connectivity index (χ3v) is 1.99. The van der Waals surface area contributed by atoms with E-state index >= 15 is 0 Å². The Morgan fingerprint density at radius 3 is 2.88 bits per heavy atom. The molecule has 0 radical (unpaired) electrons. The maximum Gasteiger partial charge on any atom is 0.141 e. The third kappa shape index (κ3) is 4.99. The zero-order valence-corrected chi connectivity index (χ0v) is 9.68. The molecular formula is C10H17N3O3. The summed E-state index contributed by atoms with van der Waals surface area (Å²) in [5.74, 6) is 0.109. The summed E-state index contributed by atoms with van der Waals surface area (Å²) in [7, 11) is 3.39. The molecule has 0 saturated carbocycles. The number of ether oxygens (including phenoxy) is 2. The van der Waals surface area contributed by atoms with Crippen LogP contribution in [0, 0.1) is 0 Å². The highest BCUT2D eigenvalue weighted by molar-refractivity contribution is 5.80.